The van der Waals surface area contributed by atoms with Crippen molar-refractivity contribution in [3.63, 3.8) is 0 Å². The van der Waals surface area contributed by atoms with Gasteiger partial charge in [0.2, 0.25) is 0 Å². The zero-order valence-electron chi connectivity index (χ0n) is 8.65. The third-order valence-corrected chi connectivity index (χ3v) is 1.94. The molecule has 0 atom stereocenters. The molecule has 0 radical (unpaired) electrons. The summed E-state index contributed by atoms with van der Waals surface area (Å²) in [5, 5.41) is 8.49. The van der Waals surface area contributed by atoms with Crippen molar-refractivity contribution in [2.75, 3.05) is 14.2 Å². The Kier molecular flexibility index (Phi) is 3.58. The molecule has 0 saturated carbocycles. The van der Waals surface area contributed by atoms with E-state index in [1.807, 2.05) is 6.07 Å². The Hall–Kier alpha value is -2.15. The van der Waals surface area contributed by atoms with Gasteiger partial charge in [-0.05, 0) is 12.1 Å². The Balaban J connectivity index is 3.20. The second kappa shape index (κ2) is 4.91. The molecule has 2 N–H and O–H groups in total. The summed E-state index contributed by atoms with van der Waals surface area (Å²) < 4.78 is 10.2. The summed E-state index contributed by atoms with van der Waals surface area (Å²) >= 11 is 0. The van der Waals surface area contributed by atoms with Gasteiger partial charge in [-0.3, -0.25) is 0 Å². The number of benzene rings is 1. The molecule has 1 aromatic rings. The lowest BCUT2D eigenvalue weighted by atomic mass is 10.1. The van der Waals surface area contributed by atoms with Crippen LogP contribution in [0.1, 0.15) is 5.56 Å². The van der Waals surface area contributed by atoms with Gasteiger partial charge in [-0.1, -0.05) is 0 Å². The van der Waals surface area contributed by atoms with E-state index < -0.39 is 0 Å². The summed E-state index contributed by atoms with van der Waals surface area (Å²) in [6.07, 6.45) is 1.27. The lowest BCUT2D eigenvalue weighted by molar-refractivity contribution is 0.393. The molecule has 1 rings (SSSR count). The summed E-state index contributed by atoms with van der Waals surface area (Å²) in [7, 11) is 3.11. The van der Waals surface area contributed by atoms with Gasteiger partial charge in [-0.25, -0.2) is 0 Å². The van der Waals surface area contributed by atoms with Gasteiger partial charge in [0, 0.05) is 17.7 Å². The van der Waals surface area contributed by atoms with Crippen LogP contribution in [0, 0.1) is 11.3 Å². The number of hydrogen-bond acceptors (Lipinski definition) is 4. The lowest BCUT2D eigenvalue weighted by Gasteiger charge is -2.09. The molecule has 0 heterocycles. The van der Waals surface area contributed by atoms with Gasteiger partial charge < -0.3 is 15.2 Å². The van der Waals surface area contributed by atoms with E-state index in [-0.39, 0.29) is 0 Å². The SMILES string of the molecule is COc1ccc(C(N)=CC#N)c(OC)c1. The first-order chi connectivity index (χ1) is 7.22. The molecule has 0 aliphatic heterocycles. The minimum Gasteiger partial charge on any atom is -0.497 e. The van der Waals surface area contributed by atoms with Gasteiger partial charge in [0.15, 0.2) is 0 Å². The number of hydrogen-bond donors (Lipinski definition) is 1. The number of ether oxygens (including phenoxy) is 2. The second-order valence-electron chi connectivity index (χ2n) is 2.79. The van der Waals surface area contributed by atoms with Gasteiger partial charge in [0.25, 0.3) is 0 Å². The Bertz CT molecular complexity index is 419. The number of nitriles is 1. The number of nitrogens with two attached hydrogens (primary N) is 1. The van der Waals surface area contributed by atoms with Gasteiger partial charge in [-0.2, -0.15) is 5.26 Å². The van der Waals surface area contributed by atoms with E-state index in [1.165, 1.54) is 13.2 Å². The second-order valence-corrected chi connectivity index (χ2v) is 2.79. The van der Waals surface area contributed by atoms with E-state index in [1.54, 1.807) is 25.3 Å². The standard InChI is InChI=1S/C11H12N2O2/c1-14-8-3-4-9(10(13)5-6-12)11(7-8)15-2/h3-5,7H,13H2,1-2H3. The number of rotatable bonds is 3. The molecule has 1 aromatic carbocycles. The van der Waals surface area contributed by atoms with E-state index >= 15 is 0 Å². The van der Waals surface area contributed by atoms with Crippen LogP contribution < -0.4 is 15.2 Å². The summed E-state index contributed by atoms with van der Waals surface area (Å²) in [6.45, 7) is 0. The molecule has 4 heteroatoms. The van der Waals surface area contributed by atoms with Crippen molar-refractivity contribution in [2.24, 2.45) is 5.73 Å². The van der Waals surface area contributed by atoms with Crippen molar-refractivity contribution in [1.82, 2.24) is 0 Å². The van der Waals surface area contributed by atoms with Gasteiger partial charge in [0.05, 0.1) is 26.0 Å². The van der Waals surface area contributed by atoms with Crippen molar-refractivity contribution < 1.29 is 9.47 Å². The summed E-state index contributed by atoms with van der Waals surface area (Å²) in [6, 6.07) is 7.10. The van der Waals surface area contributed by atoms with Crippen LogP contribution >= 0.6 is 0 Å². The normalized spacial score (nSPS) is 10.6. The Morgan fingerprint density at radius 1 is 1.40 bits per heavy atom. The minimum absolute atomic E-state index is 0.372. The van der Waals surface area contributed by atoms with Crippen LogP contribution in [-0.2, 0) is 0 Å². The molecule has 78 valence electrons. The molecule has 0 aromatic heterocycles. The maximum absolute atomic E-state index is 8.49. The van der Waals surface area contributed by atoms with E-state index in [0.29, 0.717) is 22.8 Å². The lowest BCUT2D eigenvalue weighted by Crippen LogP contribution is -1.99. The summed E-state index contributed by atoms with van der Waals surface area (Å²) in [5.41, 5.74) is 6.74. The molecule has 0 spiro atoms. The monoisotopic (exact) mass is 204 g/mol. The maximum Gasteiger partial charge on any atom is 0.131 e. The fourth-order valence-electron chi connectivity index (χ4n) is 1.18. The van der Waals surface area contributed by atoms with Crippen LogP contribution in [0.15, 0.2) is 24.3 Å². The first-order valence-corrected chi connectivity index (χ1v) is 4.30. The fraction of sp³-hybridized carbons (Fsp3) is 0.182. The average molecular weight is 204 g/mol. The highest BCUT2D eigenvalue weighted by Crippen LogP contribution is 2.27. The predicted octanol–water partition coefficient (Wildman–Crippen LogP) is 1.53. The molecule has 0 aliphatic rings. The van der Waals surface area contributed by atoms with Crippen LogP contribution in [-0.4, -0.2) is 14.2 Å². The molecule has 0 aliphatic carbocycles. The number of allylic oxidation sites excluding steroid dienone is 1. The molecule has 15 heavy (non-hydrogen) atoms. The largest absolute Gasteiger partial charge is 0.497 e. The van der Waals surface area contributed by atoms with Gasteiger partial charge in [-0.15, -0.1) is 0 Å². The third kappa shape index (κ3) is 2.41. The molecule has 4 nitrogen and oxygen atoms in total. The van der Waals surface area contributed by atoms with E-state index in [4.69, 9.17) is 20.5 Å². The summed E-state index contributed by atoms with van der Waals surface area (Å²) in [5.74, 6) is 1.26. The van der Waals surface area contributed by atoms with Crippen molar-refractivity contribution in [3.8, 4) is 17.6 Å². The number of methoxy groups -OCH3 is 2. The van der Waals surface area contributed by atoms with Crippen molar-refractivity contribution in [3.05, 3.63) is 29.8 Å². The zero-order valence-corrected chi connectivity index (χ0v) is 8.65. The average Bonchev–Trinajstić information content (AvgIpc) is 2.28. The molecule has 0 amide bonds. The van der Waals surface area contributed by atoms with E-state index in [9.17, 15) is 0 Å². The quantitative estimate of drug-likeness (QED) is 0.758. The third-order valence-electron chi connectivity index (χ3n) is 1.94. The minimum atomic E-state index is 0.372. The Morgan fingerprint density at radius 3 is 2.67 bits per heavy atom. The van der Waals surface area contributed by atoms with Crippen molar-refractivity contribution in [1.29, 1.82) is 5.26 Å². The fourth-order valence-corrected chi connectivity index (χ4v) is 1.18. The van der Waals surface area contributed by atoms with E-state index in [0.717, 1.165) is 0 Å². The highest BCUT2D eigenvalue weighted by Gasteiger charge is 2.06. The van der Waals surface area contributed by atoms with Crippen molar-refractivity contribution >= 4 is 5.70 Å². The summed E-state index contributed by atoms with van der Waals surface area (Å²) in [4.78, 5) is 0. The molecular weight excluding hydrogens is 192 g/mol. The highest BCUT2D eigenvalue weighted by molar-refractivity contribution is 5.70. The topological polar surface area (TPSA) is 68.3 Å². The molecular formula is C11H12N2O2. The molecule has 0 bridgehead atoms. The smallest absolute Gasteiger partial charge is 0.131 e. The maximum atomic E-state index is 8.49. The van der Waals surface area contributed by atoms with Crippen LogP contribution in [0.3, 0.4) is 0 Å². The van der Waals surface area contributed by atoms with Crippen LogP contribution in [0.25, 0.3) is 5.70 Å². The van der Waals surface area contributed by atoms with Gasteiger partial charge in [0.1, 0.15) is 11.5 Å². The Labute approximate surface area is 88.5 Å². The molecule has 0 unspecified atom stereocenters. The van der Waals surface area contributed by atoms with Crippen molar-refractivity contribution in [2.45, 2.75) is 0 Å². The molecule has 0 fully saturated rings. The zero-order chi connectivity index (χ0) is 11.3. The van der Waals surface area contributed by atoms with Crippen LogP contribution in [0.2, 0.25) is 0 Å². The predicted molar refractivity (Wildman–Crippen MR) is 57.3 cm³/mol. The van der Waals surface area contributed by atoms with E-state index in [2.05, 4.69) is 0 Å². The van der Waals surface area contributed by atoms with Gasteiger partial charge >= 0.3 is 0 Å². The number of nitrogens with zero attached hydrogens (tertiary/aromatic N) is 1. The first-order valence-electron chi connectivity index (χ1n) is 4.30. The Morgan fingerprint density at radius 2 is 2.13 bits per heavy atom. The van der Waals surface area contributed by atoms with Crippen LogP contribution in [0.4, 0.5) is 0 Å². The highest BCUT2D eigenvalue weighted by atomic mass is 16.5. The first kappa shape index (κ1) is 10.9. The van der Waals surface area contributed by atoms with Crippen LogP contribution in [0.5, 0.6) is 11.5 Å². The molecule has 0 saturated heterocycles.